The van der Waals surface area contributed by atoms with Gasteiger partial charge in [-0.1, -0.05) is 43.7 Å². The molecule has 1 aromatic carbocycles. The number of carbonyl (C=O) groups excluding carboxylic acids is 2. The van der Waals surface area contributed by atoms with Crippen LogP contribution in [0.15, 0.2) is 64.9 Å². The molecule has 1 N–H and O–H groups in total. The summed E-state index contributed by atoms with van der Waals surface area (Å²) < 4.78 is 1.52. The molecule has 0 aliphatic carbocycles. The highest BCUT2D eigenvalue weighted by Gasteiger charge is 2.29. The highest BCUT2D eigenvalue weighted by molar-refractivity contribution is 7.10. The van der Waals surface area contributed by atoms with Crippen molar-refractivity contribution in [3.05, 3.63) is 92.0 Å². The minimum absolute atomic E-state index is 0.0519. The fourth-order valence-electron chi connectivity index (χ4n) is 4.05. The number of hydrogen-bond donors (Lipinski definition) is 1. The van der Waals surface area contributed by atoms with Crippen LogP contribution in [-0.2, 0) is 24.3 Å². The first kappa shape index (κ1) is 22.0. The zero-order valence-corrected chi connectivity index (χ0v) is 18.9. The first-order chi connectivity index (χ1) is 15.6. The quantitative estimate of drug-likeness (QED) is 0.601. The summed E-state index contributed by atoms with van der Waals surface area (Å²) in [6.07, 6.45) is 3.80. The normalized spacial score (nSPS) is 14.0. The molecule has 1 aliphatic rings. The molecular weight excluding hydrogens is 422 g/mol. The molecular formula is C25H27N3O3S. The Balaban J connectivity index is 1.49. The van der Waals surface area contributed by atoms with Crippen molar-refractivity contribution in [2.75, 3.05) is 6.54 Å². The number of benzene rings is 1. The Morgan fingerprint density at radius 3 is 2.72 bits per heavy atom. The molecule has 3 heterocycles. The molecule has 0 bridgehead atoms. The number of rotatable bonds is 7. The van der Waals surface area contributed by atoms with Crippen LogP contribution in [0.3, 0.4) is 0 Å². The Bertz CT molecular complexity index is 1150. The number of fused-ring (bicyclic) bond motifs is 1. The van der Waals surface area contributed by atoms with E-state index in [0.717, 1.165) is 18.4 Å². The van der Waals surface area contributed by atoms with E-state index in [-0.39, 0.29) is 17.0 Å². The molecule has 2 amide bonds. The van der Waals surface area contributed by atoms with E-state index in [1.165, 1.54) is 21.1 Å². The van der Waals surface area contributed by atoms with Crippen molar-refractivity contribution in [3.8, 4) is 0 Å². The average molecular weight is 450 g/mol. The number of nitrogens with zero attached hydrogens (tertiary/aromatic N) is 2. The van der Waals surface area contributed by atoms with Gasteiger partial charge in [0.1, 0.15) is 11.6 Å². The van der Waals surface area contributed by atoms with Gasteiger partial charge < -0.3 is 14.8 Å². The van der Waals surface area contributed by atoms with Crippen LogP contribution in [0.2, 0.25) is 0 Å². The molecule has 1 atom stereocenters. The van der Waals surface area contributed by atoms with E-state index in [0.29, 0.717) is 26.1 Å². The van der Waals surface area contributed by atoms with E-state index in [9.17, 15) is 14.4 Å². The van der Waals surface area contributed by atoms with Gasteiger partial charge in [-0.05, 0) is 47.5 Å². The van der Waals surface area contributed by atoms with Crippen LogP contribution in [-0.4, -0.2) is 33.9 Å². The maximum Gasteiger partial charge on any atom is 0.263 e. The van der Waals surface area contributed by atoms with Gasteiger partial charge in [0.25, 0.3) is 11.5 Å². The zero-order valence-electron chi connectivity index (χ0n) is 18.1. The molecule has 2 aromatic heterocycles. The van der Waals surface area contributed by atoms with E-state index in [1.54, 1.807) is 23.6 Å². The molecule has 0 radical (unpaired) electrons. The summed E-state index contributed by atoms with van der Waals surface area (Å²) in [6.45, 7) is 3.59. The number of hydrogen-bond acceptors (Lipinski definition) is 4. The van der Waals surface area contributed by atoms with Gasteiger partial charge in [-0.25, -0.2) is 0 Å². The number of carbonyl (C=O) groups is 2. The molecule has 7 heteroatoms. The van der Waals surface area contributed by atoms with Gasteiger partial charge in [-0.2, -0.15) is 0 Å². The highest BCUT2D eigenvalue weighted by atomic mass is 32.1. The standard InChI is InChI=1S/C25H27N3O3S/c1-2-7-21(25(31)28-14-11-22-19(17-28)12-15-32-22)26-23(29)20-10-6-13-27(24(20)30)16-18-8-4-3-5-9-18/h3-6,8-10,12-13,15,21H,2,7,11,14,16-17H2,1H3,(H,26,29). The van der Waals surface area contributed by atoms with Crippen LogP contribution in [0.5, 0.6) is 0 Å². The number of aromatic nitrogens is 1. The molecule has 1 unspecified atom stereocenters. The Hall–Kier alpha value is -3.19. The van der Waals surface area contributed by atoms with Gasteiger partial charge >= 0.3 is 0 Å². The summed E-state index contributed by atoms with van der Waals surface area (Å²) in [6, 6.07) is 14.3. The van der Waals surface area contributed by atoms with Gasteiger partial charge in [0.15, 0.2) is 0 Å². The highest BCUT2D eigenvalue weighted by Crippen LogP contribution is 2.24. The summed E-state index contributed by atoms with van der Waals surface area (Å²) in [4.78, 5) is 42.3. The second-order valence-electron chi connectivity index (χ2n) is 8.03. The van der Waals surface area contributed by atoms with Crippen LogP contribution < -0.4 is 10.9 Å². The Kier molecular flexibility index (Phi) is 6.85. The van der Waals surface area contributed by atoms with E-state index in [1.807, 2.05) is 42.2 Å². The van der Waals surface area contributed by atoms with E-state index in [4.69, 9.17) is 0 Å². The minimum atomic E-state index is -0.644. The monoisotopic (exact) mass is 449 g/mol. The predicted molar refractivity (Wildman–Crippen MR) is 126 cm³/mol. The van der Waals surface area contributed by atoms with Gasteiger partial charge in [0, 0.05) is 24.2 Å². The third-order valence-electron chi connectivity index (χ3n) is 5.76. The van der Waals surface area contributed by atoms with Crippen molar-refractivity contribution in [3.63, 3.8) is 0 Å². The molecule has 3 aromatic rings. The van der Waals surface area contributed by atoms with Gasteiger partial charge in [-0.3, -0.25) is 14.4 Å². The SMILES string of the molecule is CCCC(NC(=O)c1cccn(Cc2ccccc2)c1=O)C(=O)N1CCc2sccc2C1. The van der Waals surface area contributed by atoms with Crippen LogP contribution >= 0.6 is 11.3 Å². The first-order valence-corrected chi connectivity index (χ1v) is 11.8. The second-order valence-corrected chi connectivity index (χ2v) is 9.03. The zero-order chi connectivity index (χ0) is 22.5. The van der Waals surface area contributed by atoms with Gasteiger partial charge in [0.2, 0.25) is 5.91 Å². The maximum atomic E-state index is 13.2. The fraction of sp³-hybridized carbons (Fsp3) is 0.320. The summed E-state index contributed by atoms with van der Waals surface area (Å²) in [7, 11) is 0. The molecule has 1 aliphatic heterocycles. The lowest BCUT2D eigenvalue weighted by atomic mass is 10.1. The van der Waals surface area contributed by atoms with Crippen molar-refractivity contribution in [1.82, 2.24) is 14.8 Å². The fourth-order valence-corrected chi connectivity index (χ4v) is 4.94. The summed E-state index contributed by atoms with van der Waals surface area (Å²) in [5, 5.41) is 4.90. The number of amides is 2. The molecule has 0 saturated heterocycles. The Morgan fingerprint density at radius 1 is 1.12 bits per heavy atom. The molecule has 0 fully saturated rings. The van der Waals surface area contributed by atoms with Crippen molar-refractivity contribution < 1.29 is 9.59 Å². The maximum absolute atomic E-state index is 13.2. The lowest BCUT2D eigenvalue weighted by Crippen LogP contribution is -2.50. The van der Waals surface area contributed by atoms with Gasteiger partial charge in [-0.15, -0.1) is 11.3 Å². The molecule has 0 spiro atoms. The number of thiophene rings is 1. The van der Waals surface area contributed by atoms with Crippen molar-refractivity contribution in [2.24, 2.45) is 0 Å². The lowest BCUT2D eigenvalue weighted by Gasteiger charge is -2.30. The Labute approximate surface area is 191 Å². The van der Waals surface area contributed by atoms with Gasteiger partial charge in [0.05, 0.1) is 6.54 Å². The van der Waals surface area contributed by atoms with Crippen LogP contribution in [0.4, 0.5) is 0 Å². The third kappa shape index (κ3) is 4.83. The van der Waals surface area contributed by atoms with Crippen molar-refractivity contribution >= 4 is 23.2 Å². The summed E-state index contributed by atoms with van der Waals surface area (Å²) in [5.41, 5.74) is 1.85. The topological polar surface area (TPSA) is 71.4 Å². The summed E-state index contributed by atoms with van der Waals surface area (Å²) >= 11 is 1.72. The predicted octanol–water partition coefficient (Wildman–Crippen LogP) is 3.44. The summed E-state index contributed by atoms with van der Waals surface area (Å²) in [5.74, 6) is -0.588. The minimum Gasteiger partial charge on any atom is -0.340 e. The van der Waals surface area contributed by atoms with E-state index >= 15 is 0 Å². The van der Waals surface area contributed by atoms with Crippen LogP contribution in [0.1, 0.15) is 46.1 Å². The average Bonchev–Trinajstić information content (AvgIpc) is 3.28. The largest absolute Gasteiger partial charge is 0.340 e. The molecule has 4 rings (SSSR count). The molecule has 6 nitrogen and oxygen atoms in total. The smallest absolute Gasteiger partial charge is 0.263 e. The molecule has 0 saturated carbocycles. The van der Waals surface area contributed by atoms with E-state index < -0.39 is 11.9 Å². The number of nitrogens with one attached hydrogen (secondary N) is 1. The molecule has 166 valence electrons. The third-order valence-corrected chi connectivity index (χ3v) is 6.78. The van der Waals surface area contributed by atoms with Crippen molar-refractivity contribution in [2.45, 2.75) is 45.3 Å². The number of pyridine rings is 1. The van der Waals surface area contributed by atoms with E-state index in [2.05, 4.69) is 16.8 Å². The lowest BCUT2D eigenvalue weighted by molar-refractivity contribution is -0.134. The molecule has 32 heavy (non-hydrogen) atoms. The van der Waals surface area contributed by atoms with Crippen LogP contribution in [0, 0.1) is 0 Å². The second kappa shape index (κ2) is 9.96. The Morgan fingerprint density at radius 2 is 1.94 bits per heavy atom. The van der Waals surface area contributed by atoms with Crippen LogP contribution in [0.25, 0.3) is 0 Å². The first-order valence-electron chi connectivity index (χ1n) is 10.9. The van der Waals surface area contributed by atoms with Crippen molar-refractivity contribution in [1.29, 1.82) is 0 Å².